The van der Waals surface area contributed by atoms with Crippen LogP contribution in [-0.2, 0) is 0 Å². The van der Waals surface area contributed by atoms with Gasteiger partial charge in [0.15, 0.2) is 0 Å². The van der Waals surface area contributed by atoms with Crippen molar-refractivity contribution in [2.24, 2.45) is 0 Å². The molecule has 17 heavy (non-hydrogen) atoms. The van der Waals surface area contributed by atoms with E-state index in [1.807, 2.05) is 6.92 Å². The minimum atomic E-state index is -0.314. The Bertz CT molecular complexity index is 148. The van der Waals surface area contributed by atoms with Crippen molar-refractivity contribution in [1.82, 2.24) is 0 Å². The van der Waals surface area contributed by atoms with Crippen LogP contribution in [0.5, 0.6) is 0 Å². The summed E-state index contributed by atoms with van der Waals surface area (Å²) in [6.07, 6.45) is 10.1. The van der Waals surface area contributed by atoms with Crippen LogP contribution in [0, 0.1) is 0 Å². The third kappa shape index (κ3) is 13.8. The molecule has 2 atom stereocenters. The third-order valence-electron chi connectivity index (χ3n) is 3.12. The summed E-state index contributed by atoms with van der Waals surface area (Å²) in [7, 11) is 0. The summed E-state index contributed by atoms with van der Waals surface area (Å²) in [4.78, 5) is 0. The summed E-state index contributed by atoms with van der Waals surface area (Å²) in [5.74, 6) is 0. The molecule has 0 aromatic carbocycles. The first-order valence-corrected chi connectivity index (χ1v) is 7.13. The lowest BCUT2D eigenvalue weighted by atomic mass is 10.0. The lowest BCUT2D eigenvalue weighted by Gasteiger charge is -2.08. The van der Waals surface area contributed by atoms with Gasteiger partial charge >= 0.3 is 0 Å². The van der Waals surface area contributed by atoms with E-state index in [-0.39, 0.29) is 18.8 Å². The summed E-state index contributed by atoms with van der Waals surface area (Å²) in [6.45, 7) is 1.93. The fraction of sp³-hybridized carbons (Fsp3) is 1.00. The summed E-state index contributed by atoms with van der Waals surface area (Å²) in [5.41, 5.74) is 0. The summed E-state index contributed by atoms with van der Waals surface area (Å²) < 4.78 is 0. The molecule has 3 heteroatoms. The van der Waals surface area contributed by atoms with Gasteiger partial charge in [0.2, 0.25) is 0 Å². The number of rotatable bonds is 12. The average Bonchev–Trinajstić information content (AvgIpc) is 2.27. The molecule has 0 amide bonds. The number of aliphatic hydroxyl groups excluding tert-OH is 3. The van der Waals surface area contributed by atoms with Crippen molar-refractivity contribution in [2.45, 2.75) is 83.3 Å². The molecule has 3 N–H and O–H groups in total. The van der Waals surface area contributed by atoms with Crippen molar-refractivity contribution in [1.29, 1.82) is 0 Å². The Labute approximate surface area is 106 Å². The molecular formula is C14H30O3. The molecular weight excluding hydrogens is 216 g/mol. The van der Waals surface area contributed by atoms with E-state index in [1.165, 1.54) is 32.1 Å². The molecule has 0 spiro atoms. The molecule has 0 aliphatic heterocycles. The second-order valence-corrected chi connectivity index (χ2v) is 5.07. The van der Waals surface area contributed by atoms with Crippen LogP contribution >= 0.6 is 0 Å². The highest BCUT2D eigenvalue weighted by Crippen LogP contribution is 2.12. The Morgan fingerprint density at radius 3 is 1.65 bits per heavy atom. The minimum absolute atomic E-state index is 0.0877. The smallest absolute Gasteiger partial charge is 0.0562 e. The van der Waals surface area contributed by atoms with Gasteiger partial charge in [-0.25, -0.2) is 0 Å². The maximum absolute atomic E-state index is 9.39. The lowest BCUT2D eigenvalue weighted by molar-refractivity contribution is 0.122. The minimum Gasteiger partial charge on any atom is -0.396 e. The highest BCUT2D eigenvalue weighted by atomic mass is 16.3. The van der Waals surface area contributed by atoms with Crippen LogP contribution in [0.4, 0.5) is 0 Å². The first kappa shape index (κ1) is 16.9. The molecule has 2 unspecified atom stereocenters. The van der Waals surface area contributed by atoms with Crippen molar-refractivity contribution in [3.8, 4) is 0 Å². The van der Waals surface area contributed by atoms with E-state index in [2.05, 4.69) is 0 Å². The van der Waals surface area contributed by atoms with Gasteiger partial charge < -0.3 is 15.3 Å². The molecule has 0 saturated carbocycles. The Morgan fingerprint density at radius 1 is 0.706 bits per heavy atom. The molecule has 0 heterocycles. The van der Waals surface area contributed by atoms with Crippen LogP contribution in [0.3, 0.4) is 0 Å². The first-order valence-electron chi connectivity index (χ1n) is 7.13. The van der Waals surface area contributed by atoms with E-state index in [4.69, 9.17) is 10.2 Å². The second-order valence-electron chi connectivity index (χ2n) is 5.07. The molecule has 0 aliphatic rings. The monoisotopic (exact) mass is 246 g/mol. The molecule has 0 saturated heterocycles. The average molecular weight is 246 g/mol. The van der Waals surface area contributed by atoms with Crippen LogP contribution in [-0.4, -0.2) is 34.1 Å². The largest absolute Gasteiger partial charge is 0.396 e. The second kappa shape index (κ2) is 12.3. The fourth-order valence-corrected chi connectivity index (χ4v) is 2.00. The standard InChI is InChI=1S/C14H30O3/c1-13(16)9-7-5-3-2-4-6-8-10-14(17)11-12-15/h13-17H,2-12H2,1H3. The lowest BCUT2D eigenvalue weighted by Crippen LogP contribution is -2.08. The van der Waals surface area contributed by atoms with Crippen LogP contribution in [0.25, 0.3) is 0 Å². The van der Waals surface area contributed by atoms with Crippen molar-refractivity contribution >= 4 is 0 Å². The molecule has 0 aromatic heterocycles. The molecule has 0 bridgehead atoms. The van der Waals surface area contributed by atoms with Crippen LogP contribution in [0.2, 0.25) is 0 Å². The Hall–Kier alpha value is -0.120. The van der Waals surface area contributed by atoms with E-state index in [1.54, 1.807) is 0 Å². The van der Waals surface area contributed by atoms with Crippen molar-refractivity contribution < 1.29 is 15.3 Å². The van der Waals surface area contributed by atoms with Crippen LogP contribution < -0.4 is 0 Å². The highest BCUT2D eigenvalue weighted by molar-refractivity contribution is 4.55. The van der Waals surface area contributed by atoms with Gasteiger partial charge in [0.25, 0.3) is 0 Å². The van der Waals surface area contributed by atoms with Gasteiger partial charge in [0.1, 0.15) is 0 Å². The van der Waals surface area contributed by atoms with Gasteiger partial charge in [-0.05, 0) is 26.2 Å². The summed E-state index contributed by atoms with van der Waals surface area (Å²) >= 11 is 0. The predicted octanol–water partition coefficient (Wildman–Crippen LogP) is 2.62. The van der Waals surface area contributed by atoms with E-state index >= 15 is 0 Å². The van der Waals surface area contributed by atoms with Crippen molar-refractivity contribution in [3.63, 3.8) is 0 Å². The van der Waals surface area contributed by atoms with E-state index in [9.17, 15) is 5.11 Å². The van der Waals surface area contributed by atoms with Gasteiger partial charge in [-0.1, -0.05) is 44.9 Å². The number of hydrogen-bond acceptors (Lipinski definition) is 3. The SMILES string of the molecule is CC(O)CCCCCCCCCC(O)CCO. The van der Waals surface area contributed by atoms with Gasteiger partial charge in [-0.2, -0.15) is 0 Å². The molecule has 0 fully saturated rings. The Balaban J connectivity index is 3.03. The third-order valence-corrected chi connectivity index (χ3v) is 3.12. The maximum atomic E-state index is 9.39. The number of hydrogen-bond donors (Lipinski definition) is 3. The van der Waals surface area contributed by atoms with E-state index in [0.717, 1.165) is 25.7 Å². The Kier molecular flexibility index (Phi) is 12.3. The zero-order valence-electron chi connectivity index (χ0n) is 11.3. The quantitative estimate of drug-likeness (QED) is 0.464. The molecule has 3 nitrogen and oxygen atoms in total. The molecule has 0 rings (SSSR count). The van der Waals surface area contributed by atoms with Crippen molar-refractivity contribution in [2.75, 3.05) is 6.61 Å². The van der Waals surface area contributed by atoms with Gasteiger partial charge in [-0.3, -0.25) is 0 Å². The van der Waals surface area contributed by atoms with E-state index in [0.29, 0.717) is 6.42 Å². The Morgan fingerprint density at radius 2 is 1.18 bits per heavy atom. The molecule has 104 valence electrons. The number of aliphatic hydroxyl groups is 3. The predicted molar refractivity (Wildman–Crippen MR) is 70.9 cm³/mol. The molecule has 0 aliphatic carbocycles. The van der Waals surface area contributed by atoms with Gasteiger partial charge in [0.05, 0.1) is 12.2 Å². The zero-order chi connectivity index (χ0) is 12.9. The first-order chi connectivity index (χ1) is 8.16. The molecule has 0 aromatic rings. The highest BCUT2D eigenvalue weighted by Gasteiger charge is 2.02. The fourth-order valence-electron chi connectivity index (χ4n) is 2.00. The van der Waals surface area contributed by atoms with E-state index < -0.39 is 0 Å². The van der Waals surface area contributed by atoms with Crippen LogP contribution in [0.15, 0.2) is 0 Å². The van der Waals surface area contributed by atoms with Gasteiger partial charge in [0, 0.05) is 6.61 Å². The topological polar surface area (TPSA) is 60.7 Å². The maximum Gasteiger partial charge on any atom is 0.0562 e. The summed E-state index contributed by atoms with van der Waals surface area (Å²) in [6, 6.07) is 0. The van der Waals surface area contributed by atoms with Crippen LogP contribution in [0.1, 0.15) is 71.1 Å². The van der Waals surface area contributed by atoms with Gasteiger partial charge in [-0.15, -0.1) is 0 Å². The molecule has 0 radical (unpaired) electrons. The number of unbranched alkanes of at least 4 members (excludes halogenated alkanes) is 6. The normalized spacial score (nSPS) is 14.8. The zero-order valence-corrected chi connectivity index (χ0v) is 11.3. The summed E-state index contributed by atoms with van der Waals surface area (Å²) in [5, 5.41) is 27.1. The van der Waals surface area contributed by atoms with Crippen molar-refractivity contribution in [3.05, 3.63) is 0 Å².